The highest BCUT2D eigenvalue weighted by atomic mass is 32.2. The molecule has 4 rings (SSSR count). The summed E-state index contributed by atoms with van der Waals surface area (Å²) in [5.74, 6) is 1.59. The predicted octanol–water partition coefficient (Wildman–Crippen LogP) is 1.80. The minimum Gasteiger partial charge on any atom is -0.460 e. The molecule has 3 N–H and O–H groups in total. The fourth-order valence-electron chi connectivity index (χ4n) is 3.10. The molecule has 1 atom stereocenters. The van der Waals surface area contributed by atoms with Crippen LogP contribution in [-0.4, -0.2) is 24.1 Å². The summed E-state index contributed by atoms with van der Waals surface area (Å²) in [6, 6.07) is 9.74. The lowest BCUT2D eigenvalue weighted by Gasteiger charge is -2.21. The van der Waals surface area contributed by atoms with Gasteiger partial charge in [0.05, 0.1) is 17.0 Å². The normalized spacial score (nSPS) is 17.0. The summed E-state index contributed by atoms with van der Waals surface area (Å²) in [5, 5.41) is 12.1. The van der Waals surface area contributed by atoms with Gasteiger partial charge in [-0.15, -0.1) is 0 Å². The van der Waals surface area contributed by atoms with Gasteiger partial charge in [0.25, 0.3) is 0 Å². The number of amides is 1. The third kappa shape index (κ3) is 2.80. The Labute approximate surface area is 149 Å². The van der Waals surface area contributed by atoms with E-state index in [1.54, 1.807) is 36.1 Å². The molecule has 134 valence electrons. The van der Waals surface area contributed by atoms with E-state index in [0.29, 0.717) is 17.3 Å². The van der Waals surface area contributed by atoms with E-state index in [9.17, 15) is 13.2 Å². The minimum absolute atomic E-state index is 0.0389. The minimum atomic E-state index is -3.74. The number of rotatable bonds is 3. The highest BCUT2D eigenvalue weighted by Crippen LogP contribution is 2.38. The summed E-state index contributed by atoms with van der Waals surface area (Å²) in [4.78, 5) is 12.0. The van der Waals surface area contributed by atoms with E-state index in [0.717, 1.165) is 11.1 Å². The Balaban J connectivity index is 1.68. The van der Waals surface area contributed by atoms with Crippen LogP contribution in [0.1, 0.15) is 23.7 Å². The summed E-state index contributed by atoms with van der Waals surface area (Å²) < 4.78 is 30.3. The number of benzene rings is 1. The van der Waals surface area contributed by atoms with Crippen LogP contribution in [0, 0.1) is 0 Å². The molecule has 1 aromatic carbocycles. The van der Waals surface area contributed by atoms with Crippen molar-refractivity contribution in [2.24, 2.45) is 12.2 Å². The first kappa shape index (κ1) is 16.6. The van der Waals surface area contributed by atoms with E-state index in [2.05, 4.69) is 10.4 Å². The van der Waals surface area contributed by atoms with Crippen molar-refractivity contribution < 1.29 is 17.6 Å². The van der Waals surface area contributed by atoms with Gasteiger partial charge in [0.1, 0.15) is 17.3 Å². The standard InChI is InChI=1S/C17H16N4O4S/c1-21-17-13(9-19-21)12(8-16(22)20-17)15-7-6-14(25-15)10-2-4-11(5-3-10)26(18,23)24/h2-7,9,12H,8H2,1H3,(H,20,22)(H2,18,23,24)/t12-/m1/s1. The number of nitrogens with zero attached hydrogens (tertiary/aromatic N) is 2. The summed E-state index contributed by atoms with van der Waals surface area (Å²) in [6.07, 6.45) is 2.00. The summed E-state index contributed by atoms with van der Waals surface area (Å²) in [6.45, 7) is 0. The zero-order valence-corrected chi connectivity index (χ0v) is 14.7. The molecule has 0 unspecified atom stereocenters. The Morgan fingerprint density at radius 1 is 1.23 bits per heavy atom. The molecule has 1 aliphatic rings. The summed E-state index contributed by atoms with van der Waals surface area (Å²) in [7, 11) is -1.97. The number of primary sulfonamides is 1. The number of hydrogen-bond donors (Lipinski definition) is 2. The highest BCUT2D eigenvalue weighted by Gasteiger charge is 2.31. The second kappa shape index (κ2) is 5.82. The maximum Gasteiger partial charge on any atom is 0.238 e. The number of aryl methyl sites for hydroxylation is 1. The van der Waals surface area contributed by atoms with Crippen LogP contribution >= 0.6 is 0 Å². The molecule has 0 radical (unpaired) electrons. The van der Waals surface area contributed by atoms with Crippen LogP contribution in [0.25, 0.3) is 11.3 Å². The van der Waals surface area contributed by atoms with Crippen molar-refractivity contribution in [1.82, 2.24) is 9.78 Å². The molecule has 0 spiro atoms. The molecular formula is C17H16N4O4S. The van der Waals surface area contributed by atoms with Crippen LogP contribution in [0.15, 0.2) is 51.9 Å². The molecule has 0 fully saturated rings. The summed E-state index contributed by atoms with van der Waals surface area (Å²) in [5.41, 5.74) is 1.62. The molecule has 26 heavy (non-hydrogen) atoms. The van der Waals surface area contributed by atoms with Crippen molar-refractivity contribution in [3.8, 4) is 11.3 Å². The first-order valence-corrected chi connectivity index (χ1v) is 9.42. The van der Waals surface area contributed by atoms with Crippen LogP contribution in [0.4, 0.5) is 5.82 Å². The van der Waals surface area contributed by atoms with Crippen molar-refractivity contribution in [3.05, 3.63) is 53.9 Å². The van der Waals surface area contributed by atoms with Crippen molar-refractivity contribution in [2.75, 3.05) is 5.32 Å². The van der Waals surface area contributed by atoms with Crippen molar-refractivity contribution in [1.29, 1.82) is 0 Å². The van der Waals surface area contributed by atoms with Gasteiger partial charge in [-0.3, -0.25) is 9.48 Å². The topological polar surface area (TPSA) is 120 Å². The lowest BCUT2D eigenvalue weighted by atomic mass is 9.92. The van der Waals surface area contributed by atoms with Gasteiger partial charge in [-0.1, -0.05) is 0 Å². The number of sulfonamides is 1. The van der Waals surface area contributed by atoms with Gasteiger partial charge >= 0.3 is 0 Å². The fourth-order valence-corrected chi connectivity index (χ4v) is 3.61. The van der Waals surface area contributed by atoms with Gasteiger partial charge in [0.15, 0.2) is 0 Å². The van der Waals surface area contributed by atoms with Gasteiger partial charge in [-0.05, 0) is 36.4 Å². The predicted molar refractivity (Wildman–Crippen MR) is 93.8 cm³/mol. The van der Waals surface area contributed by atoms with Crippen LogP contribution in [0.2, 0.25) is 0 Å². The Bertz CT molecular complexity index is 1100. The van der Waals surface area contributed by atoms with Crippen LogP contribution in [0.3, 0.4) is 0 Å². The number of carbonyl (C=O) groups is 1. The Hall–Kier alpha value is -2.91. The molecule has 2 aromatic heterocycles. The van der Waals surface area contributed by atoms with Gasteiger partial charge in [-0.2, -0.15) is 5.10 Å². The molecule has 9 heteroatoms. The van der Waals surface area contributed by atoms with Gasteiger partial charge in [0.2, 0.25) is 15.9 Å². The molecule has 0 bridgehead atoms. The fraction of sp³-hybridized carbons (Fsp3) is 0.176. The third-order valence-corrected chi connectivity index (χ3v) is 5.36. The van der Waals surface area contributed by atoms with Crippen LogP contribution in [0.5, 0.6) is 0 Å². The molecule has 1 aliphatic heterocycles. The largest absolute Gasteiger partial charge is 0.460 e. The molecule has 8 nitrogen and oxygen atoms in total. The number of nitrogens with one attached hydrogen (secondary N) is 1. The molecule has 3 aromatic rings. The average molecular weight is 372 g/mol. The molecule has 0 saturated carbocycles. The van der Waals surface area contributed by atoms with E-state index in [1.807, 2.05) is 6.07 Å². The summed E-state index contributed by atoms with van der Waals surface area (Å²) >= 11 is 0. The van der Waals surface area contributed by atoms with Crippen LogP contribution in [-0.2, 0) is 21.9 Å². The zero-order valence-electron chi connectivity index (χ0n) is 13.8. The SMILES string of the molecule is Cn1ncc2c1NC(=O)C[C@H]2c1ccc(-c2ccc(S(N)(=O)=O)cc2)o1. The molecule has 3 heterocycles. The van der Waals surface area contributed by atoms with Crippen LogP contribution < -0.4 is 10.5 Å². The number of fused-ring (bicyclic) bond motifs is 1. The van der Waals surface area contributed by atoms with Crippen molar-refractivity contribution in [3.63, 3.8) is 0 Å². The zero-order chi connectivity index (χ0) is 18.5. The van der Waals surface area contributed by atoms with E-state index in [-0.39, 0.29) is 23.1 Å². The van der Waals surface area contributed by atoms with Gasteiger partial charge in [0, 0.05) is 24.6 Å². The van der Waals surface area contributed by atoms with E-state index >= 15 is 0 Å². The van der Waals surface area contributed by atoms with Crippen molar-refractivity contribution >= 4 is 21.7 Å². The van der Waals surface area contributed by atoms with E-state index in [4.69, 9.17) is 9.56 Å². The third-order valence-electron chi connectivity index (χ3n) is 4.43. The maximum absolute atomic E-state index is 12.0. The van der Waals surface area contributed by atoms with E-state index in [1.165, 1.54) is 12.1 Å². The number of carbonyl (C=O) groups excluding carboxylic acids is 1. The number of aromatic nitrogens is 2. The Kier molecular flexibility index (Phi) is 3.70. The number of nitrogens with two attached hydrogens (primary N) is 1. The number of hydrogen-bond acceptors (Lipinski definition) is 5. The number of anilines is 1. The van der Waals surface area contributed by atoms with Crippen molar-refractivity contribution in [2.45, 2.75) is 17.2 Å². The lowest BCUT2D eigenvalue weighted by molar-refractivity contribution is -0.116. The number of furan rings is 1. The maximum atomic E-state index is 12.0. The Morgan fingerprint density at radius 2 is 1.96 bits per heavy atom. The molecule has 0 saturated heterocycles. The average Bonchev–Trinajstić information content (AvgIpc) is 3.22. The second-order valence-corrected chi connectivity index (χ2v) is 7.71. The molecule has 1 amide bonds. The highest BCUT2D eigenvalue weighted by molar-refractivity contribution is 7.89. The van der Waals surface area contributed by atoms with E-state index < -0.39 is 10.0 Å². The second-order valence-electron chi connectivity index (χ2n) is 6.15. The quantitative estimate of drug-likeness (QED) is 0.726. The monoisotopic (exact) mass is 372 g/mol. The first-order chi connectivity index (χ1) is 12.3. The molecule has 0 aliphatic carbocycles. The Morgan fingerprint density at radius 3 is 2.65 bits per heavy atom. The first-order valence-electron chi connectivity index (χ1n) is 7.87. The molecular weight excluding hydrogens is 356 g/mol. The lowest BCUT2D eigenvalue weighted by Crippen LogP contribution is -2.24. The van der Waals surface area contributed by atoms with Gasteiger partial charge < -0.3 is 9.73 Å². The van der Waals surface area contributed by atoms with Gasteiger partial charge in [-0.25, -0.2) is 13.6 Å². The smallest absolute Gasteiger partial charge is 0.238 e.